The number of carbonyl (C=O) groups is 1. The van der Waals surface area contributed by atoms with Crippen LogP contribution < -0.4 is 5.32 Å². The van der Waals surface area contributed by atoms with Gasteiger partial charge < -0.3 is 5.32 Å². The Morgan fingerprint density at radius 3 is 2.11 bits per heavy atom. The molecule has 4 nitrogen and oxygen atoms in total. The number of benzene rings is 2. The lowest BCUT2D eigenvalue weighted by Crippen LogP contribution is -2.25. The first-order valence-corrected chi connectivity index (χ1v) is 10.8. The lowest BCUT2D eigenvalue weighted by molar-refractivity contribution is 0.0954. The maximum absolute atomic E-state index is 12.2. The van der Waals surface area contributed by atoms with Gasteiger partial charge in [0.2, 0.25) is 0 Å². The van der Waals surface area contributed by atoms with Crippen molar-refractivity contribution in [3.05, 3.63) is 71.3 Å². The largest absolute Gasteiger partial charge is 0.352 e. The second-order valence-corrected chi connectivity index (χ2v) is 9.76. The quantitative estimate of drug-likeness (QED) is 0.813. The molecule has 0 radical (unpaired) electrons. The minimum atomic E-state index is -3.18. The predicted molar refractivity (Wildman–Crippen MR) is 111 cm³/mol. The van der Waals surface area contributed by atoms with E-state index in [1.54, 1.807) is 24.3 Å². The third-order valence-corrected chi connectivity index (χ3v) is 5.13. The molecule has 0 fully saturated rings. The molecule has 0 aliphatic heterocycles. The van der Waals surface area contributed by atoms with Gasteiger partial charge in [-0.3, -0.25) is 4.79 Å². The van der Waals surface area contributed by atoms with E-state index in [0.717, 1.165) is 11.1 Å². The van der Waals surface area contributed by atoms with E-state index >= 15 is 0 Å². The Kier molecular flexibility index (Phi) is 6.60. The zero-order valence-corrected chi connectivity index (χ0v) is 17.1. The number of allylic oxidation sites excluding steroid dienone is 1. The molecule has 2 aromatic carbocycles. The van der Waals surface area contributed by atoms with E-state index in [0.29, 0.717) is 23.4 Å². The van der Waals surface area contributed by atoms with Crippen molar-refractivity contribution in [2.75, 3.05) is 12.8 Å². The van der Waals surface area contributed by atoms with Crippen LogP contribution in [0.15, 0.2) is 59.5 Å². The molecule has 0 aromatic heterocycles. The Labute approximate surface area is 162 Å². The fraction of sp³-hybridized carbons (Fsp3) is 0.318. The molecule has 0 saturated carbocycles. The third kappa shape index (κ3) is 7.02. The van der Waals surface area contributed by atoms with Crippen LogP contribution >= 0.6 is 0 Å². The molecule has 0 aliphatic carbocycles. The monoisotopic (exact) mass is 385 g/mol. The molecule has 27 heavy (non-hydrogen) atoms. The first-order chi connectivity index (χ1) is 12.5. The molecule has 0 heterocycles. The summed E-state index contributed by atoms with van der Waals surface area (Å²) in [5.41, 5.74) is 2.78. The molecule has 0 atom stereocenters. The SMILES string of the molecule is CC(C)(C)/C=C/c1ccc(C(=O)NCCc2ccc(S(C)(=O)=O)cc2)cc1. The van der Waals surface area contributed by atoms with Crippen LogP contribution in [0, 0.1) is 5.41 Å². The van der Waals surface area contributed by atoms with E-state index in [-0.39, 0.29) is 11.3 Å². The lowest BCUT2D eigenvalue weighted by atomic mass is 9.95. The summed E-state index contributed by atoms with van der Waals surface area (Å²) in [4.78, 5) is 12.5. The second kappa shape index (κ2) is 8.53. The molecular formula is C22H27NO3S. The van der Waals surface area contributed by atoms with Crippen molar-refractivity contribution in [3.63, 3.8) is 0 Å². The smallest absolute Gasteiger partial charge is 0.251 e. The Morgan fingerprint density at radius 1 is 1.00 bits per heavy atom. The van der Waals surface area contributed by atoms with Gasteiger partial charge in [0.1, 0.15) is 0 Å². The van der Waals surface area contributed by atoms with Gasteiger partial charge in [-0.15, -0.1) is 0 Å². The third-order valence-electron chi connectivity index (χ3n) is 4.00. The Hall–Kier alpha value is -2.40. The summed E-state index contributed by atoms with van der Waals surface area (Å²) in [6.45, 7) is 6.91. The minimum Gasteiger partial charge on any atom is -0.352 e. The number of carbonyl (C=O) groups excluding carboxylic acids is 1. The van der Waals surface area contributed by atoms with Crippen molar-refractivity contribution in [3.8, 4) is 0 Å². The van der Waals surface area contributed by atoms with Crippen molar-refractivity contribution in [1.82, 2.24) is 5.32 Å². The summed E-state index contributed by atoms with van der Waals surface area (Å²) in [7, 11) is -3.18. The standard InChI is InChI=1S/C22H27NO3S/c1-22(2,3)15-13-17-5-9-19(10-6-17)21(24)23-16-14-18-7-11-20(12-8-18)27(4,25)26/h5-13,15H,14,16H2,1-4H3,(H,23,24)/b15-13+. The fourth-order valence-electron chi connectivity index (χ4n) is 2.42. The number of hydrogen-bond acceptors (Lipinski definition) is 3. The van der Waals surface area contributed by atoms with Crippen LogP contribution in [-0.2, 0) is 16.3 Å². The average molecular weight is 386 g/mol. The number of sulfone groups is 1. The molecule has 1 N–H and O–H groups in total. The van der Waals surface area contributed by atoms with E-state index in [2.05, 4.69) is 38.2 Å². The predicted octanol–water partition coefficient (Wildman–Crippen LogP) is 4.12. The summed E-state index contributed by atoms with van der Waals surface area (Å²) >= 11 is 0. The van der Waals surface area contributed by atoms with E-state index in [1.807, 2.05) is 24.3 Å². The summed E-state index contributed by atoms with van der Waals surface area (Å²) in [5.74, 6) is -0.117. The van der Waals surface area contributed by atoms with Crippen molar-refractivity contribution >= 4 is 21.8 Å². The van der Waals surface area contributed by atoms with Crippen molar-refractivity contribution in [2.24, 2.45) is 5.41 Å². The van der Waals surface area contributed by atoms with Gasteiger partial charge >= 0.3 is 0 Å². The number of nitrogens with one attached hydrogen (secondary N) is 1. The highest BCUT2D eigenvalue weighted by molar-refractivity contribution is 7.90. The van der Waals surface area contributed by atoms with Gasteiger partial charge in [-0.1, -0.05) is 57.2 Å². The lowest BCUT2D eigenvalue weighted by Gasteiger charge is -2.11. The molecule has 0 spiro atoms. The summed E-state index contributed by atoms with van der Waals surface area (Å²) < 4.78 is 22.9. The molecule has 144 valence electrons. The second-order valence-electron chi connectivity index (χ2n) is 7.74. The topological polar surface area (TPSA) is 63.2 Å². The summed E-state index contributed by atoms with van der Waals surface area (Å²) in [6, 6.07) is 14.2. The molecule has 0 saturated heterocycles. The first-order valence-electron chi connectivity index (χ1n) is 8.91. The molecule has 5 heteroatoms. The van der Waals surface area contributed by atoms with Crippen molar-refractivity contribution < 1.29 is 13.2 Å². The van der Waals surface area contributed by atoms with Gasteiger partial charge in [-0.2, -0.15) is 0 Å². The highest BCUT2D eigenvalue weighted by Gasteiger charge is 2.08. The van der Waals surface area contributed by atoms with E-state index in [4.69, 9.17) is 0 Å². The molecule has 0 aliphatic rings. The summed E-state index contributed by atoms with van der Waals surface area (Å²) in [6.07, 6.45) is 6.02. The number of hydrogen-bond donors (Lipinski definition) is 1. The van der Waals surface area contributed by atoms with Gasteiger partial charge in [-0.25, -0.2) is 8.42 Å². The van der Waals surface area contributed by atoms with E-state index in [9.17, 15) is 13.2 Å². The van der Waals surface area contributed by atoms with Crippen LogP contribution in [0.25, 0.3) is 6.08 Å². The van der Waals surface area contributed by atoms with Gasteiger partial charge in [0.25, 0.3) is 5.91 Å². The van der Waals surface area contributed by atoms with Crippen LogP contribution in [0.4, 0.5) is 0 Å². The number of amides is 1. The van der Waals surface area contributed by atoms with Gasteiger partial charge in [0, 0.05) is 18.4 Å². The maximum atomic E-state index is 12.2. The van der Waals surface area contributed by atoms with E-state index in [1.165, 1.54) is 6.26 Å². The highest BCUT2D eigenvalue weighted by atomic mass is 32.2. The number of rotatable bonds is 6. The Bertz CT molecular complexity index is 904. The normalized spacial score (nSPS) is 12.3. The maximum Gasteiger partial charge on any atom is 0.251 e. The molecule has 2 aromatic rings. The van der Waals surface area contributed by atoms with Crippen LogP contribution in [0.5, 0.6) is 0 Å². The van der Waals surface area contributed by atoms with Gasteiger partial charge in [0.15, 0.2) is 9.84 Å². The molecule has 1 amide bonds. The molecule has 0 bridgehead atoms. The molecule has 0 unspecified atom stereocenters. The van der Waals surface area contributed by atoms with Crippen LogP contribution in [0.3, 0.4) is 0 Å². The van der Waals surface area contributed by atoms with E-state index < -0.39 is 9.84 Å². The highest BCUT2D eigenvalue weighted by Crippen LogP contribution is 2.17. The van der Waals surface area contributed by atoms with Gasteiger partial charge in [0.05, 0.1) is 4.90 Å². The Balaban J connectivity index is 1.88. The average Bonchev–Trinajstić information content (AvgIpc) is 2.59. The van der Waals surface area contributed by atoms with Crippen molar-refractivity contribution in [2.45, 2.75) is 32.1 Å². The first kappa shape index (κ1) is 20.9. The Morgan fingerprint density at radius 2 is 1.59 bits per heavy atom. The van der Waals surface area contributed by atoms with Gasteiger partial charge in [-0.05, 0) is 47.2 Å². The van der Waals surface area contributed by atoms with Crippen LogP contribution in [-0.4, -0.2) is 27.1 Å². The molecule has 2 rings (SSSR count). The molecular weight excluding hydrogens is 358 g/mol. The van der Waals surface area contributed by atoms with Crippen molar-refractivity contribution in [1.29, 1.82) is 0 Å². The zero-order chi connectivity index (χ0) is 20.1. The summed E-state index contributed by atoms with van der Waals surface area (Å²) in [5, 5.41) is 2.89. The zero-order valence-electron chi connectivity index (χ0n) is 16.3. The minimum absolute atomic E-state index is 0.117. The van der Waals surface area contributed by atoms with Crippen LogP contribution in [0.2, 0.25) is 0 Å². The fourth-order valence-corrected chi connectivity index (χ4v) is 3.05. The van der Waals surface area contributed by atoms with Crippen LogP contribution in [0.1, 0.15) is 42.3 Å².